The summed E-state index contributed by atoms with van der Waals surface area (Å²) in [6.45, 7) is 4.36. The molecule has 0 amide bonds. The monoisotopic (exact) mass is 330 g/mol. The van der Waals surface area contributed by atoms with Crippen LogP contribution in [0.2, 0.25) is 0 Å². The number of carbonyl (C=O) groups is 1. The van der Waals surface area contributed by atoms with E-state index in [-0.39, 0.29) is 18.2 Å². The van der Waals surface area contributed by atoms with Gasteiger partial charge in [0, 0.05) is 6.42 Å². The molecular formula is C18H34O5. The lowest BCUT2D eigenvalue weighted by Gasteiger charge is -2.22. The molecule has 2 N–H and O–H groups in total. The van der Waals surface area contributed by atoms with Crippen LogP contribution in [0.3, 0.4) is 0 Å². The minimum Gasteiger partial charge on any atom is -0.466 e. The maximum atomic E-state index is 11.2. The minimum absolute atomic E-state index is 0.133. The van der Waals surface area contributed by atoms with E-state index in [1.807, 2.05) is 0 Å². The van der Waals surface area contributed by atoms with Crippen molar-refractivity contribution >= 4 is 5.97 Å². The molecule has 1 rings (SSSR count). The third-order valence-electron chi connectivity index (χ3n) is 4.48. The van der Waals surface area contributed by atoms with Gasteiger partial charge in [0.1, 0.15) is 0 Å². The Balaban J connectivity index is 2.15. The third-order valence-corrected chi connectivity index (χ3v) is 4.48. The van der Waals surface area contributed by atoms with Crippen LogP contribution in [0.15, 0.2) is 0 Å². The fourth-order valence-corrected chi connectivity index (χ4v) is 3.09. The molecule has 1 aliphatic heterocycles. The molecular weight excluding hydrogens is 296 g/mol. The molecule has 0 aliphatic carbocycles. The maximum absolute atomic E-state index is 11.2. The summed E-state index contributed by atoms with van der Waals surface area (Å²) in [6.07, 6.45) is 7.01. The summed E-state index contributed by atoms with van der Waals surface area (Å²) in [5.74, 6) is -0.172. The molecule has 1 fully saturated rings. The van der Waals surface area contributed by atoms with Crippen molar-refractivity contribution in [3.8, 4) is 0 Å². The molecule has 0 saturated carbocycles. The molecule has 23 heavy (non-hydrogen) atoms. The Morgan fingerprint density at radius 2 is 1.61 bits per heavy atom. The van der Waals surface area contributed by atoms with Gasteiger partial charge in [-0.25, -0.2) is 0 Å². The normalized spacial score (nSPS) is 23.7. The molecule has 4 atom stereocenters. The Hall–Kier alpha value is -0.650. The summed E-state index contributed by atoms with van der Waals surface area (Å²) < 4.78 is 10.7. The second-order valence-electron chi connectivity index (χ2n) is 6.47. The predicted molar refractivity (Wildman–Crippen MR) is 89.2 cm³/mol. The number of hydrogen-bond donors (Lipinski definition) is 2. The van der Waals surface area contributed by atoms with E-state index < -0.39 is 12.2 Å². The lowest BCUT2D eigenvalue weighted by atomic mass is 10.0. The Morgan fingerprint density at radius 3 is 2.13 bits per heavy atom. The SMILES string of the molecule is CCCCCC(O)[C@H]1CC[C@H](C(O)CCCCC(=O)OCC)O1. The number of rotatable bonds is 12. The Kier molecular flexibility index (Phi) is 10.5. The standard InChI is InChI=1S/C18H34O5/c1-3-5-6-9-14(19)16-12-13-17(23-16)15(20)10-7-8-11-18(21)22-4-2/h14-17,19-20H,3-13H2,1-2H3/t14?,15?,16-,17-/m1/s1. The van der Waals surface area contributed by atoms with Crippen molar-refractivity contribution in [1.29, 1.82) is 0 Å². The van der Waals surface area contributed by atoms with Crippen LogP contribution < -0.4 is 0 Å². The van der Waals surface area contributed by atoms with Crippen LogP contribution in [0.25, 0.3) is 0 Å². The average molecular weight is 330 g/mol. The fraction of sp³-hybridized carbons (Fsp3) is 0.944. The third kappa shape index (κ3) is 8.13. The van der Waals surface area contributed by atoms with Crippen molar-refractivity contribution < 1.29 is 24.5 Å². The number of carbonyl (C=O) groups excluding carboxylic acids is 1. The van der Waals surface area contributed by atoms with Gasteiger partial charge in [0.25, 0.3) is 0 Å². The molecule has 1 saturated heterocycles. The molecule has 1 heterocycles. The molecule has 0 aromatic rings. The summed E-state index contributed by atoms with van der Waals surface area (Å²) >= 11 is 0. The Bertz CT molecular complexity index is 321. The predicted octanol–water partition coefficient (Wildman–Crippen LogP) is 2.96. The van der Waals surface area contributed by atoms with E-state index in [1.165, 1.54) is 0 Å². The van der Waals surface area contributed by atoms with E-state index in [1.54, 1.807) is 6.92 Å². The largest absolute Gasteiger partial charge is 0.466 e. The van der Waals surface area contributed by atoms with Crippen LogP contribution in [-0.2, 0) is 14.3 Å². The van der Waals surface area contributed by atoms with E-state index in [4.69, 9.17) is 9.47 Å². The molecule has 0 aromatic carbocycles. The van der Waals surface area contributed by atoms with Gasteiger partial charge in [-0.3, -0.25) is 4.79 Å². The summed E-state index contributed by atoms with van der Waals surface area (Å²) in [6, 6.07) is 0. The van der Waals surface area contributed by atoms with Crippen molar-refractivity contribution in [2.24, 2.45) is 0 Å². The average Bonchev–Trinajstić information content (AvgIpc) is 3.02. The fourth-order valence-electron chi connectivity index (χ4n) is 3.09. The number of unbranched alkanes of at least 4 members (excludes halogenated alkanes) is 3. The first-order valence-electron chi connectivity index (χ1n) is 9.25. The number of ether oxygens (including phenoxy) is 2. The Labute approximate surface area is 140 Å². The molecule has 5 heteroatoms. The van der Waals surface area contributed by atoms with Crippen molar-refractivity contribution in [2.45, 2.75) is 102 Å². The quantitative estimate of drug-likeness (QED) is 0.425. The van der Waals surface area contributed by atoms with E-state index in [2.05, 4.69) is 6.92 Å². The lowest BCUT2D eigenvalue weighted by molar-refractivity contribution is -0.143. The highest BCUT2D eigenvalue weighted by atomic mass is 16.5. The van der Waals surface area contributed by atoms with E-state index in [9.17, 15) is 15.0 Å². The first-order chi connectivity index (χ1) is 11.1. The summed E-state index contributed by atoms with van der Waals surface area (Å²) in [5, 5.41) is 20.4. The maximum Gasteiger partial charge on any atom is 0.305 e. The zero-order valence-corrected chi connectivity index (χ0v) is 14.7. The van der Waals surface area contributed by atoms with Crippen molar-refractivity contribution in [2.75, 3.05) is 6.61 Å². The van der Waals surface area contributed by atoms with Crippen LogP contribution in [0, 0.1) is 0 Å². The van der Waals surface area contributed by atoms with Crippen LogP contribution in [0.1, 0.15) is 78.1 Å². The van der Waals surface area contributed by atoms with Gasteiger partial charge in [-0.1, -0.05) is 32.6 Å². The van der Waals surface area contributed by atoms with Gasteiger partial charge in [0.05, 0.1) is 31.0 Å². The van der Waals surface area contributed by atoms with Gasteiger partial charge in [-0.2, -0.15) is 0 Å². The first kappa shape index (κ1) is 20.4. The zero-order chi connectivity index (χ0) is 17.1. The topological polar surface area (TPSA) is 76.0 Å². The van der Waals surface area contributed by atoms with Crippen LogP contribution in [-0.4, -0.2) is 47.2 Å². The smallest absolute Gasteiger partial charge is 0.305 e. The van der Waals surface area contributed by atoms with Gasteiger partial charge < -0.3 is 19.7 Å². The highest BCUT2D eigenvalue weighted by Crippen LogP contribution is 2.28. The molecule has 0 bridgehead atoms. The van der Waals surface area contributed by atoms with Crippen molar-refractivity contribution in [3.05, 3.63) is 0 Å². The van der Waals surface area contributed by atoms with Crippen LogP contribution >= 0.6 is 0 Å². The second-order valence-corrected chi connectivity index (χ2v) is 6.47. The number of aliphatic hydroxyl groups is 2. The Morgan fingerprint density at radius 1 is 1.04 bits per heavy atom. The highest BCUT2D eigenvalue weighted by molar-refractivity contribution is 5.69. The van der Waals surface area contributed by atoms with Gasteiger partial charge >= 0.3 is 5.97 Å². The van der Waals surface area contributed by atoms with Crippen LogP contribution in [0.5, 0.6) is 0 Å². The van der Waals surface area contributed by atoms with Crippen molar-refractivity contribution in [3.63, 3.8) is 0 Å². The molecule has 5 nitrogen and oxygen atoms in total. The second kappa shape index (κ2) is 11.8. The molecule has 2 unspecified atom stereocenters. The van der Waals surface area contributed by atoms with E-state index >= 15 is 0 Å². The van der Waals surface area contributed by atoms with Crippen molar-refractivity contribution in [1.82, 2.24) is 0 Å². The molecule has 0 radical (unpaired) electrons. The van der Waals surface area contributed by atoms with E-state index in [0.29, 0.717) is 19.4 Å². The minimum atomic E-state index is -0.509. The molecule has 0 aromatic heterocycles. The molecule has 0 spiro atoms. The van der Waals surface area contributed by atoms with Gasteiger partial charge in [-0.05, 0) is 39.0 Å². The van der Waals surface area contributed by atoms with Gasteiger partial charge in [0.2, 0.25) is 0 Å². The highest BCUT2D eigenvalue weighted by Gasteiger charge is 2.33. The summed E-state index contributed by atoms with van der Waals surface area (Å²) in [7, 11) is 0. The lowest BCUT2D eigenvalue weighted by Crippen LogP contribution is -2.31. The van der Waals surface area contributed by atoms with E-state index in [0.717, 1.165) is 51.4 Å². The first-order valence-corrected chi connectivity index (χ1v) is 9.25. The summed E-state index contributed by atoms with van der Waals surface area (Å²) in [5.41, 5.74) is 0. The molecule has 1 aliphatic rings. The molecule has 136 valence electrons. The number of esters is 1. The summed E-state index contributed by atoms with van der Waals surface area (Å²) in [4.78, 5) is 11.2. The van der Waals surface area contributed by atoms with Gasteiger partial charge in [0.15, 0.2) is 0 Å². The van der Waals surface area contributed by atoms with Gasteiger partial charge in [-0.15, -0.1) is 0 Å². The zero-order valence-electron chi connectivity index (χ0n) is 14.7. The number of hydrogen-bond acceptors (Lipinski definition) is 5. The number of aliphatic hydroxyl groups excluding tert-OH is 2. The van der Waals surface area contributed by atoms with Crippen LogP contribution in [0.4, 0.5) is 0 Å².